The molecule has 0 bridgehead atoms. The Hall–Kier alpha value is -1.34. The molecule has 4 heteroatoms. The van der Waals surface area contributed by atoms with E-state index in [0.717, 1.165) is 12.8 Å². The van der Waals surface area contributed by atoms with Crippen LogP contribution in [0, 0.1) is 17.2 Å². The zero-order valence-corrected chi connectivity index (χ0v) is 7.19. The molecule has 0 aromatic rings. The number of rotatable bonds is 2. The topological polar surface area (TPSA) is 70.3 Å². The third-order valence-electron chi connectivity index (χ3n) is 2.02. The summed E-state index contributed by atoms with van der Waals surface area (Å²) in [5.74, 6) is -0.964. The average molecular weight is 181 g/mol. The Morgan fingerprint density at radius 1 is 1.54 bits per heavy atom. The quantitative estimate of drug-likeness (QED) is 0.508. The third kappa shape index (κ3) is 2.88. The molecule has 0 amide bonds. The number of ether oxygens (including phenoxy) is 1. The molecule has 4 nitrogen and oxygen atoms in total. The lowest BCUT2D eigenvalue weighted by atomic mass is 9.98. The van der Waals surface area contributed by atoms with Crippen LogP contribution in [-0.2, 0) is 9.53 Å². The summed E-state index contributed by atoms with van der Waals surface area (Å²) >= 11 is 0. The molecular formula is C9H11NO3. The third-order valence-corrected chi connectivity index (χ3v) is 2.02. The summed E-state index contributed by atoms with van der Waals surface area (Å²) in [5, 5.41) is 17.1. The van der Waals surface area contributed by atoms with Crippen molar-refractivity contribution in [3.05, 3.63) is 11.6 Å². The standard InChI is InChI=1S/C9H11NO3/c10-6-8(9(11)12)5-7-1-3-13-4-2-7/h5,7H,1-4H2,(H,11,12). The maximum Gasteiger partial charge on any atom is 0.346 e. The molecule has 0 saturated carbocycles. The van der Waals surface area contributed by atoms with E-state index in [1.54, 1.807) is 6.07 Å². The molecule has 0 unspecified atom stereocenters. The fourth-order valence-corrected chi connectivity index (χ4v) is 1.27. The number of hydrogen-bond donors (Lipinski definition) is 1. The van der Waals surface area contributed by atoms with Gasteiger partial charge in [-0.2, -0.15) is 5.26 Å². The lowest BCUT2D eigenvalue weighted by molar-refractivity contribution is -0.132. The van der Waals surface area contributed by atoms with Crippen LogP contribution in [-0.4, -0.2) is 24.3 Å². The molecule has 1 aliphatic rings. The summed E-state index contributed by atoms with van der Waals surface area (Å²) in [6.45, 7) is 1.30. The van der Waals surface area contributed by atoms with E-state index in [0.29, 0.717) is 13.2 Å². The van der Waals surface area contributed by atoms with Gasteiger partial charge in [-0.3, -0.25) is 0 Å². The van der Waals surface area contributed by atoms with E-state index in [4.69, 9.17) is 15.1 Å². The zero-order valence-electron chi connectivity index (χ0n) is 7.19. The lowest BCUT2D eigenvalue weighted by Gasteiger charge is -2.18. The van der Waals surface area contributed by atoms with Crippen LogP contribution in [0.5, 0.6) is 0 Å². The van der Waals surface area contributed by atoms with E-state index >= 15 is 0 Å². The Balaban J connectivity index is 2.61. The monoisotopic (exact) mass is 181 g/mol. The van der Waals surface area contributed by atoms with Crippen LogP contribution in [0.25, 0.3) is 0 Å². The largest absolute Gasteiger partial charge is 0.477 e. The molecule has 0 aromatic heterocycles. The van der Waals surface area contributed by atoms with Crippen LogP contribution in [0.15, 0.2) is 11.6 Å². The molecule has 0 aromatic carbocycles. The minimum absolute atomic E-state index is 0.160. The molecule has 1 aliphatic heterocycles. The van der Waals surface area contributed by atoms with Crippen molar-refractivity contribution in [1.29, 1.82) is 5.26 Å². The first-order valence-electron chi connectivity index (χ1n) is 4.17. The Kier molecular flexibility index (Phi) is 3.47. The highest BCUT2D eigenvalue weighted by molar-refractivity contribution is 5.90. The predicted octanol–water partition coefficient (Wildman–Crippen LogP) is 0.948. The highest BCUT2D eigenvalue weighted by Crippen LogP contribution is 2.17. The van der Waals surface area contributed by atoms with Gasteiger partial charge in [-0.25, -0.2) is 4.79 Å². The number of carboxylic acids is 1. The summed E-state index contributed by atoms with van der Waals surface area (Å²) in [5.41, 5.74) is -0.160. The smallest absolute Gasteiger partial charge is 0.346 e. The van der Waals surface area contributed by atoms with Gasteiger partial charge >= 0.3 is 5.97 Å². The van der Waals surface area contributed by atoms with Crippen LogP contribution in [0.1, 0.15) is 12.8 Å². The Morgan fingerprint density at radius 3 is 2.62 bits per heavy atom. The van der Waals surface area contributed by atoms with Gasteiger partial charge in [-0.15, -0.1) is 0 Å². The van der Waals surface area contributed by atoms with E-state index in [2.05, 4.69) is 0 Å². The van der Waals surface area contributed by atoms with E-state index in [9.17, 15) is 4.79 Å². The number of hydrogen-bond acceptors (Lipinski definition) is 3. The van der Waals surface area contributed by atoms with Crippen molar-refractivity contribution in [2.45, 2.75) is 12.8 Å². The van der Waals surface area contributed by atoms with Crippen molar-refractivity contribution >= 4 is 5.97 Å². The molecule has 0 radical (unpaired) electrons. The van der Waals surface area contributed by atoms with Gasteiger partial charge in [0.1, 0.15) is 11.6 Å². The van der Waals surface area contributed by atoms with Crippen molar-refractivity contribution in [3.63, 3.8) is 0 Å². The van der Waals surface area contributed by atoms with Crippen molar-refractivity contribution < 1.29 is 14.6 Å². The maximum absolute atomic E-state index is 10.5. The Bertz CT molecular complexity index is 259. The average Bonchev–Trinajstić information content (AvgIpc) is 2.15. The van der Waals surface area contributed by atoms with Crippen molar-refractivity contribution in [2.75, 3.05) is 13.2 Å². The molecule has 1 heterocycles. The number of nitrogens with zero attached hydrogens (tertiary/aromatic N) is 1. The SMILES string of the molecule is N#CC(=CC1CCOCC1)C(=O)O. The predicted molar refractivity (Wildman–Crippen MR) is 44.9 cm³/mol. The maximum atomic E-state index is 10.5. The second-order valence-electron chi connectivity index (χ2n) is 2.95. The Morgan fingerprint density at radius 2 is 2.15 bits per heavy atom. The van der Waals surface area contributed by atoms with Gasteiger partial charge < -0.3 is 9.84 Å². The van der Waals surface area contributed by atoms with Crippen LogP contribution >= 0.6 is 0 Å². The van der Waals surface area contributed by atoms with Crippen molar-refractivity contribution in [2.24, 2.45) is 5.92 Å². The van der Waals surface area contributed by atoms with Gasteiger partial charge in [-0.1, -0.05) is 6.08 Å². The number of aliphatic carboxylic acids is 1. The van der Waals surface area contributed by atoms with Crippen molar-refractivity contribution in [1.82, 2.24) is 0 Å². The second kappa shape index (κ2) is 4.63. The number of nitriles is 1. The second-order valence-corrected chi connectivity index (χ2v) is 2.95. The first-order valence-corrected chi connectivity index (χ1v) is 4.17. The minimum Gasteiger partial charge on any atom is -0.477 e. The first kappa shape index (κ1) is 9.75. The van der Waals surface area contributed by atoms with E-state index in [-0.39, 0.29) is 11.5 Å². The van der Waals surface area contributed by atoms with Gasteiger partial charge in [0.25, 0.3) is 0 Å². The molecule has 1 N–H and O–H groups in total. The Labute approximate surface area is 76.4 Å². The van der Waals surface area contributed by atoms with Crippen LogP contribution in [0.2, 0.25) is 0 Å². The summed E-state index contributed by atoms with van der Waals surface area (Å²) in [6.07, 6.45) is 3.14. The molecule has 70 valence electrons. The minimum atomic E-state index is -1.14. The fraction of sp³-hybridized carbons (Fsp3) is 0.556. The molecule has 0 aliphatic carbocycles. The van der Waals surface area contributed by atoms with E-state index in [1.807, 2.05) is 0 Å². The lowest BCUT2D eigenvalue weighted by Crippen LogP contribution is -2.15. The van der Waals surface area contributed by atoms with E-state index in [1.165, 1.54) is 6.08 Å². The van der Waals surface area contributed by atoms with E-state index < -0.39 is 5.97 Å². The van der Waals surface area contributed by atoms with Gasteiger partial charge in [0.05, 0.1) is 0 Å². The highest BCUT2D eigenvalue weighted by atomic mass is 16.5. The fourth-order valence-electron chi connectivity index (χ4n) is 1.27. The molecular weight excluding hydrogens is 170 g/mol. The number of carboxylic acid groups (broad SMARTS) is 1. The molecule has 0 atom stereocenters. The highest BCUT2D eigenvalue weighted by Gasteiger charge is 2.14. The molecule has 13 heavy (non-hydrogen) atoms. The summed E-state index contributed by atoms with van der Waals surface area (Å²) in [4.78, 5) is 10.5. The molecule has 0 spiro atoms. The molecule has 1 rings (SSSR count). The molecule has 1 saturated heterocycles. The summed E-state index contributed by atoms with van der Waals surface area (Å²) < 4.78 is 5.12. The van der Waals surface area contributed by atoms with Gasteiger partial charge in [-0.05, 0) is 18.8 Å². The van der Waals surface area contributed by atoms with Gasteiger partial charge in [0, 0.05) is 13.2 Å². The number of allylic oxidation sites excluding steroid dienone is 1. The van der Waals surface area contributed by atoms with Gasteiger partial charge in [0.2, 0.25) is 0 Å². The van der Waals surface area contributed by atoms with Crippen LogP contribution in [0.4, 0.5) is 0 Å². The van der Waals surface area contributed by atoms with Crippen molar-refractivity contribution in [3.8, 4) is 6.07 Å². The molecule has 1 fully saturated rings. The number of carbonyl (C=O) groups is 1. The normalized spacial score (nSPS) is 19.5. The summed E-state index contributed by atoms with van der Waals surface area (Å²) in [7, 11) is 0. The first-order chi connectivity index (χ1) is 6.24. The van der Waals surface area contributed by atoms with Crippen LogP contribution in [0.3, 0.4) is 0 Å². The zero-order chi connectivity index (χ0) is 9.68. The van der Waals surface area contributed by atoms with Gasteiger partial charge in [0.15, 0.2) is 0 Å². The van der Waals surface area contributed by atoms with Crippen LogP contribution < -0.4 is 0 Å². The summed E-state index contributed by atoms with van der Waals surface area (Å²) in [6, 6.07) is 1.67.